The number of carbonyl (C=O) groups is 2. The van der Waals surface area contributed by atoms with Crippen LogP contribution in [0, 0.1) is 12.8 Å². The van der Waals surface area contributed by atoms with Gasteiger partial charge in [0.25, 0.3) is 0 Å². The number of piperidine rings is 1. The van der Waals surface area contributed by atoms with Crippen LogP contribution in [0.2, 0.25) is 0 Å². The minimum absolute atomic E-state index is 0.0883. The highest BCUT2D eigenvalue weighted by atomic mass is 19.4. The standard InChI is InChI=1S/C20H23F3N2O4/c1-12-8-14(2-3-16(12)29-20(21,22)23)13-4-6-25(7-5-13)17(26)15-9-19(10-15)11-28-18(27)24-19/h2-3,8,13,15H,4-7,9-11H2,1H3,(H,24,27)/t15-,19+. The van der Waals surface area contributed by atoms with Crippen molar-refractivity contribution in [1.82, 2.24) is 10.2 Å². The Morgan fingerprint density at radius 3 is 2.52 bits per heavy atom. The highest BCUT2D eigenvalue weighted by Gasteiger charge is 2.53. The summed E-state index contributed by atoms with van der Waals surface area (Å²) in [5, 5.41) is 2.79. The quantitative estimate of drug-likeness (QED) is 0.825. The van der Waals surface area contributed by atoms with Gasteiger partial charge in [0.1, 0.15) is 12.4 Å². The molecule has 0 atom stereocenters. The van der Waals surface area contributed by atoms with E-state index in [0.29, 0.717) is 38.1 Å². The molecule has 1 aliphatic carbocycles. The summed E-state index contributed by atoms with van der Waals surface area (Å²) in [7, 11) is 0. The van der Waals surface area contributed by atoms with Crippen LogP contribution in [-0.2, 0) is 9.53 Å². The summed E-state index contributed by atoms with van der Waals surface area (Å²) in [6.07, 6.45) is -2.37. The molecular formula is C20H23F3N2O4. The van der Waals surface area contributed by atoms with E-state index >= 15 is 0 Å². The van der Waals surface area contributed by atoms with E-state index in [4.69, 9.17) is 4.74 Å². The Balaban J connectivity index is 1.30. The second-order valence-electron chi connectivity index (χ2n) is 8.26. The van der Waals surface area contributed by atoms with Crippen molar-refractivity contribution in [3.05, 3.63) is 29.3 Å². The molecule has 2 amide bonds. The number of hydrogen-bond donors (Lipinski definition) is 1. The van der Waals surface area contributed by atoms with Crippen molar-refractivity contribution in [3.63, 3.8) is 0 Å². The number of amides is 2. The van der Waals surface area contributed by atoms with Crippen LogP contribution in [0.4, 0.5) is 18.0 Å². The van der Waals surface area contributed by atoms with E-state index in [0.717, 1.165) is 18.4 Å². The molecule has 1 aromatic carbocycles. The summed E-state index contributed by atoms with van der Waals surface area (Å²) < 4.78 is 46.2. The number of cyclic esters (lactones) is 1. The Morgan fingerprint density at radius 1 is 1.28 bits per heavy atom. The van der Waals surface area contributed by atoms with Gasteiger partial charge in [0.15, 0.2) is 0 Å². The first-order valence-electron chi connectivity index (χ1n) is 9.74. The van der Waals surface area contributed by atoms with Crippen molar-refractivity contribution < 1.29 is 32.2 Å². The lowest BCUT2D eigenvalue weighted by molar-refractivity contribution is -0.274. The molecular weight excluding hydrogens is 389 g/mol. The van der Waals surface area contributed by atoms with Crippen molar-refractivity contribution in [2.45, 2.75) is 50.4 Å². The zero-order chi connectivity index (χ0) is 20.8. The Hall–Kier alpha value is -2.45. The van der Waals surface area contributed by atoms with Gasteiger partial charge in [-0.15, -0.1) is 13.2 Å². The molecule has 3 fully saturated rings. The monoisotopic (exact) mass is 412 g/mol. The zero-order valence-electron chi connectivity index (χ0n) is 16.1. The number of ether oxygens (including phenoxy) is 2. The Labute approximate surface area is 166 Å². The molecule has 3 aliphatic rings. The van der Waals surface area contributed by atoms with Crippen LogP contribution >= 0.6 is 0 Å². The summed E-state index contributed by atoms with van der Waals surface area (Å²) in [5.74, 6) is 0.0404. The fraction of sp³-hybridized carbons (Fsp3) is 0.600. The maximum absolute atomic E-state index is 12.7. The van der Waals surface area contributed by atoms with Gasteiger partial charge in [-0.2, -0.15) is 0 Å². The molecule has 6 nitrogen and oxygen atoms in total. The van der Waals surface area contributed by atoms with Gasteiger partial charge in [-0.1, -0.05) is 12.1 Å². The Kier molecular flexibility index (Phi) is 4.86. The van der Waals surface area contributed by atoms with Gasteiger partial charge in [-0.25, -0.2) is 4.79 Å². The van der Waals surface area contributed by atoms with Gasteiger partial charge in [0.2, 0.25) is 5.91 Å². The first-order valence-corrected chi connectivity index (χ1v) is 9.74. The molecule has 29 heavy (non-hydrogen) atoms. The summed E-state index contributed by atoms with van der Waals surface area (Å²) in [4.78, 5) is 25.8. The second-order valence-corrected chi connectivity index (χ2v) is 8.26. The van der Waals surface area contributed by atoms with E-state index in [1.54, 1.807) is 19.1 Å². The number of halogens is 3. The van der Waals surface area contributed by atoms with Gasteiger partial charge in [0, 0.05) is 19.0 Å². The lowest BCUT2D eigenvalue weighted by atomic mass is 9.68. The van der Waals surface area contributed by atoms with Gasteiger partial charge in [-0.3, -0.25) is 4.79 Å². The number of nitrogens with one attached hydrogen (secondary N) is 1. The molecule has 1 N–H and O–H groups in total. The van der Waals surface area contributed by atoms with E-state index < -0.39 is 12.5 Å². The summed E-state index contributed by atoms with van der Waals surface area (Å²) >= 11 is 0. The molecule has 1 spiro atoms. The SMILES string of the molecule is Cc1cc(C2CCN(C(=O)[C@H]3C[C@]4(COC(=O)N4)C3)CC2)ccc1OC(F)(F)F. The third-order valence-corrected chi connectivity index (χ3v) is 6.17. The number of hydrogen-bond acceptors (Lipinski definition) is 4. The van der Waals surface area contributed by atoms with Crippen LogP contribution in [0.15, 0.2) is 18.2 Å². The van der Waals surface area contributed by atoms with Crippen LogP contribution in [0.3, 0.4) is 0 Å². The van der Waals surface area contributed by atoms with Gasteiger partial charge < -0.3 is 19.7 Å². The predicted molar refractivity (Wildman–Crippen MR) is 96.4 cm³/mol. The first kappa shape index (κ1) is 19.8. The second kappa shape index (κ2) is 7.11. The highest BCUT2D eigenvalue weighted by Crippen LogP contribution is 2.42. The van der Waals surface area contributed by atoms with Gasteiger partial charge in [0.05, 0.1) is 5.54 Å². The minimum Gasteiger partial charge on any atom is -0.447 e. The summed E-state index contributed by atoms with van der Waals surface area (Å²) in [5.41, 5.74) is 1.05. The van der Waals surface area contributed by atoms with Crippen molar-refractivity contribution >= 4 is 12.0 Å². The molecule has 1 saturated carbocycles. The fourth-order valence-electron chi connectivity index (χ4n) is 4.63. The number of benzene rings is 1. The maximum Gasteiger partial charge on any atom is 0.573 e. The molecule has 0 aromatic heterocycles. The van der Waals surface area contributed by atoms with E-state index in [1.807, 2.05) is 4.90 Å². The van der Waals surface area contributed by atoms with Crippen molar-refractivity contribution in [2.24, 2.45) is 5.92 Å². The lowest BCUT2D eigenvalue weighted by Gasteiger charge is -2.45. The highest BCUT2D eigenvalue weighted by molar-refractivity contribution is 5.81. The molecule has 158 valence electrons. The Morgan fingerprint density at radius 2 is 1.97 bits per heavy atom. The number of alkyl halides is 3. The Bertz CT molecular complexity index is 812. The molecule has 4 rings (SSSR count). The molecule has 2 saturated heterocycles. The van der Waals surface area contributed by atoms with Crippen LogP contribution in [0.25, 0.3) is 0 Å². The molecule has 0 unspecified atom stereocenters. The average Bonchev–Trinajstić information content (AvgIpc) is 3.03. The van der Waals surface area contributed by atoms with Crippen LogP contribution in [-0.4, -0.2) is 48.5 Å². The number of alkyl carbamates (subject to hydrolysis) is 1. The van der Waals surface area contributed by atoms with Crippen LogP contribution < -0.4 is 10.1 Å². The van der Waals surface area contributed by atoms with E-state index in [9.17, 15) is 22.8 Å². The molecule has 2 heterocycles. The molecule has 0 bridgehead atoms. The maximum atomic E-state index is 12.7. The first-order chi connectivity index (χ1) is 13.6. The fourth-order valence-corrected chi connectivity index (χ4v) is 4.63. The van der Waals surface area contributed by atoms with E-state index in [2.05, 4.69) is 10.1 Å². The van der Waals surface area contributed by atoms with Crippen molar-refractivity contribution in [1.29, 1.82) is 0 Å². The topological polar surface area (TPSA) is 67.9 Å². The van der Waals surface area contributed by atoms with Crippen LogP contribution in [0.5, 0.6) is 5.75 Å². The number of likely N-dealkylation sites (tertiary alicyclic amines) is 1. The normalized spacial score (nSPS) is 27.4. The van der Waals surface area contributed by atoms with Crippen molar-refractivity contribution in [3.8, 4) is 5.75 Å². The molecule has 0 radical (unpaired) electrons. The number of nitrogens with zero attached hydrogens (tertiary/aromatic N) is 1. The van der Waals surface area contributed by atoms with Gasteiger partial charge in [-0.05, 0) is 55.7 Å². The number of rotatable bonds is 3. The number of carbonyl (C=O) groups excluding carboxylic acids is 2. The molecule has 9 heteroatoms. The minimum atomic E-state index is -4.70. The predicted octanol–water partition coefficient (Wildman–Crippen LogP) is 3.49. The lowest BCUT2D eigenvalue weighted by Crippen LogP contribution is -2.58. The van der Waals surface area contributed by atoms with Crippen molar-refractivity contribution in [2.75, 3.05) is 19.7 Å². The molecule has 2 aliphatic heterocycles. The number of aryl methyl sites for hydroxylation is 1. The molecule has 1 aromatic rings. The van der Waals surface area contributed by atoms with E-state index in [1.165, 1.54) is 6.07 Å². The van der Waals surface area contributed by atoms with Crippen LogP contribution in [0.1, 0.15) is 42.7 Å². The van der Waals surface area contributed by atoms with Gasteiger partial charge >= 0.3 is 12.5 Å². The largest absolute Gasteiger partial charge is 0.573 e. The average molecular weight is 412 g/mol. The summed E-state index contributed by atoms with van der Waals surface area (Å²) in [6.45, 7) is 3.16. The summed E-state index contributed by atoms with van der Waals surface area (Å²) in [6, 6.07) is 4.78. The third-order valence-electron chi connectivity index (χ3n) is 6.17. The zero-order valence-corrected chi connectivity index (χ0v) is 16.1. The smallest absolute Gasteiger partial charge is 0.447 e. The third kappa shape index (κ3) is 4.13. The van der Waals surface area contributed by atoms with E-state index in [-0.39, 0.29) is 29.0 Å².